The van der Waals surface area contributed by atoms with Crippen molar-refractivity contribution in [3.05, 3.63) is 30.1 Å². The highest BCUT2D eigenvalue weighted by atomic mass is 16.5. The first-order valence-electron chi connectivity index (χ1n) is 6.09. The van der Waals surface area contributed by atoms with Gasteiger partial charge in [-0.3, -0.25) is 0 Å². The van der Waals surface area contributed by atoms with Gasteiger partial charge in [0.2, 0.25) is 0 Å². The summed E-state index contributed by atoms with van der Waals surface area (Å²) in [6.45, 7) is 1.98. The zero-order valence-electron chi connectivity index (χ0n) is 9.80. The van der Waals surface area contributed by atoms with Gasteiger partial charge < -0.3 is 15.0 Å². The number of pyridine rings is 1. The number of nitrogens with zero attached hydrogens (tertiary/aromatic N) is 2. The van der Waals surface area contributed by atoms with Gasteiger partial charge in [-0.05, 0) is 36.5 Å². The molecule has 0 saturated heterocycles. The van der Waals surface area contributed by atoms with Gasteiger partial charge in [0.05, 0.1) is 6.61 Å². The number of ether oxygens (including phenoxy) is 1. The van der Waals surface area contributed by atoms with Gasteiger partial charge in [-0.25, -0.2) is 4.98 Å². The maximum atomic E-state index is 5.73. The summed E-state index contributed by atoms with van der Waals surface area (Å²) in [5.74, 6) is 0.791. The molecular weight excluding hydrogens is 214 g/mol. The molecule has 17 heavy (non-hydrogen) atoms. The molecular formula is C13H17N3O. The predicted molar refractivity (Wildman–Crippen MR) is 66.3 cm³/mol. The highest BCUT2D eigenvalue weighted by molar-refractivity contribution is 5.80. The SMILES string of the molecule is NCc1cn(COCC2CC2)c2ncccc12. The number of rotatable bonds is 5. The fraction of sp³-hybridized carbons (Fsp3) is 0.462. The van der Waals surface area contributed by atoms with Crippen molar-refractivity contribution < 1.29 is 4.74 Å². The Balaban J connectivity index is 1.81. The Kier molecular flexibility index (Phi) is 2.82. The summed E-state index contributed by atoms with van der Waals surface area (Å²) in [5, 5.41) is 1.13. The van der Waals surface area contributed by atoms with Crippen molar-refractivity contribution in [3.63, 3.8) is 0 Å². The summed E-state index contributed by atoms with van der Waals surface area (Å²) in [7, 11) is 0. The Morgan fingerprint density at radius 2 is 2.35 bits per heavy atom. The molecule has 3 rings (SSSR count). The average molecular weight is 231 g/mol. The Morgan fingerprint density at radius 3 is 3.12 bits per heavy atom. The lowest BCUT2D eigenvalue weighted by molar-refractivity contribution is 0.0714. The van der Waals surface area contributed by atoms with E-state index in [0.717, 1.165) is 29.1 Å². The zero-order chi connectivity index (χ0) is 11.7. The lowest BCUT2D eigenvalue weighted by Crippen LogP contribution is -2.04. The predicted octanol–water partition coefficient (Wildman–Crippen LogP) is 1.88. The second-order valence-corrected chi connectivity index (χ2v) is 4.65. The third-order valence-electron chi connectivity index (χ3n) is 3.22. The van der Waals surface area contributed by atoms with Crippen molar-refractivity contribution in [1.29, 1.82) is 0 Å². The molecule has 0 aliphatic heterocycles. The molecule has 1 saturated carbocycles. The molecule has 4 heteroatoms. The summed E-state index contributed by atoms with van der Waals surface area (Å²) in [6, 6.07) is 4.00. The van der Waals surface area contributed by atoms with Crippen molar-refractivity contribution in [1.82, 2.24) is 9.55 Å². The van der Waals surface area contributed by atoms with E-state index in [2.05, 4.69) is 11.1 Å². The fourth-order valence-corrected chi connectivity index (χ4v) is 2.06. The first-order valence-corrected chi connectivity index (χ1v) is 6.09. The van der Waals surface area contributed by atoms with E-state index in [4.69, 9.17) is 10.5 Å². The summed E-state index contributed by atoms with van der Waals surface area (Å²) in [6.07, 6.45) is 6.49. The molecule has 2 heterocycles. The molecule has 90 valence electrons. The van der Waals surface area contributed by atoms with E-state index < -0.39 is 0 Å². The third kappa shape index (κ3) is 2.18. The number of hydrogen-bond acceptors (Lipinski definition) is 3. The smallest absolute Gasteiger partial charge is 0.142 e. The minimum Gasteiger partial charge on any atom is -0.360 e. The maximum Gasteiger partial charge on any atom is 0.142 e. The van der Waals surface area contributed by atoms with E-state index in [-0.39, 0.29) is 0 Å². The first-order chi connectivity index (χ1) is 8.38. The van der Waals surface area contributed by atoms with E-state index in [0.29, 0.717) is 13.3 Å². The second-order valence-electron chi connectivity index (χ2n) is 4.65. The molecule has 0 aromatic carbocycles. The zero-order valence-corrected chi connectivity index (χ0v) is 9.80. The summed E-state index contributed by atoms with van der Waals surface area (Å²) in [4.78, 5) is 4.39. The van der Waals surface area contributed by atoms with Crippen LogP contribution in [0.4, 0.5) is 0 Å². The van der Waals surface area contributed by atoms with Crippen molar-refractivity contribution in [2.24, 2.45) is 11.7 Å². The number of aromatic nitrogens is 2. The Bertz CT molecular complexity index is 516. The van der Waals surface area contributed by atoms with E-state index in [1.165, 1.54) is 12.8 Å². The lowest BCUT2D eigenvalue weighted by Gasteiger charge is -2.05. The normalized spacial score (nSPS) is 15.6. The van der Waals surface area contributed by atoms with E-state index in [1.54, 1.807) is 6.20 Å². The van der Waals surface area contributed by atoms with Crippen molar-refractivity contribution in [2.75, 3.05) is 6.61 Å². The second kappa shape index (κ2) is 4.47. The molecule has 2 aromatic rings. The van der Waals surface area contributed by atoms with Crippen LogP contribution in [0.25, 0.3) is 11.0 Å². The summed E-state index contributed by atoms with van der Waals surface area (Å²) >= 11 is 0. The highest BCUT2D eigenvalue weighted by Crippen LogP contribution is 2.29. The molecule has 0 spiro atoms. The van der Waals surface area contributed by atoms with Crippen LogP contribution in [-0.4, -0.2) is 16.2 Å². The van der Waals surface area contributed by atoms with Crippen LogP contribution in [0, 0.1) is 5.92 Å². The summed E-state index contributed by atoms with van der Waals surface area (Å²) in [5.41, 5.74) is 7.82. The number of fused-ring (bicyclic) bond motifs is 1. The van der Waals surface area contributed by atoms with E-state index in [9.17, 15) is 0 Å². The molecule has 2 N–H and O–H groups in total. The first kappa shape index (κ1) is 10.7. The van der Waals surface area contributed by atoms with Gasteiger partial charge in [-0.15, -0.1) is 0 Å². The van der Waals surface area contributed by atoms with E-state index >= 15 is 0 Å². The molecule has 1 aliphatic rings. The van der Waals surface area contributed by atoms with E-state index in [1.807, 2.05) is 16.8 Å². The van der Waals surface area contributed by atoms with Crippen LogP contribution in [0.15, 0.2) is 24.5 Å². The molecule has 1 aliphatic carbocycles. The average Bonchev–Trinajstić information content (AvgIpc) is 3.11. The molecule has 1 fully saturated rings. The molecule has 0 amide bonds. The monoisotopic (exact) mass is 231 g/mol. The summed E-state index contributed by atoms with van der Waals surface area (Å²) < 4.78 is 7.73. The van der Waals surface area contributed by atoms with Crippen LogP contribution in [0.1, 0.15) is 18.4 Å². The minimum absolute atomic E-state index is 0.540. The molecule has 0 bridgehead atoms. The largest absolute Gasteiger partial charge is 0.360 e. The topological polar surface area (TPSA) is 53.1 Å². The number of hydrogen-bond donors (Lipinski definition) is 1. The Hall–Kier alpha value is -1.39. The van der Waals surface area contributed by atoms with Gasteiger partial charge >= 0.3 is 0 Å². The van der Waals surface area contributed by atoms with Gasteiger partial charge in [0.25, 0.3) is 0 Å². The van der Waals surface area contributed by atoms with Gasteiger partial charge in [-0.1, -0.05) is 0 Å². The van der Waals surface area contributed by atoms with Crippen LogP contribution >= 0.6 is 0 Å². The molecule has 0 radical (unpaired) electrons. The van der Waals surface area contributed by atoms with Crippen molar-refractivity contribution in [3.8, 4) is 0 Å². The van der Waals surface area contributed by atoms with Crippen molar-refractivity contribution >= 4 is 11.0 Å². The maximum absolute atomic E-state index is 5.73. The molecule has 0 atom stereocenters. The Morgan fingerprint density at radius 1 is 1.47 bits per heavy atom. The van der Waals surface area contributed by atoms with Crippen LogP contribution in [0.2, 0.25) is 0 Å². The van der Waals surface area contributed by atoms with Crippen molar-refractivity contribution in [2.45, 2.75) is 26.1 Å². The fourth-order valence-electron chi connectivity index (χ4n) is 2.06. The van der Waals surface area contributed by atoms with Crippen LogP contribution in [0.3, 0.4) is 0 Å². The highest BCUT2D eigenvalue weighted by Gasteiger charge is 2.21. The molecule has 0 unspecified atom stereocenters. The van der Waals surface area contributed by atoms with Gasteiger partial charge in [-0.2, -0.15) is 0 Å². The van der Waals surface area contributed by atoms with Crippen LogP contribution in [0.5, 0.6) is 0 Å². The quantitative estimate of drug-likeness (QED) is 0.854. The standard InChI is InChI=1S/C13H17N3O/c14-6-11-7-16(9-17-8-10-3-4-10)13-12(11)2-1-5-15-13/h1-2,5,7,10H,3-4,6,8-9,14H2. The third-order valence-corrected chi connectivity index (χ3v) is 3.22. The van der Waals surface area contributed by atoms with Crippen LogP contribution in [-0.2, 0) is 18.0 Å². The molecule has 4 nitrogen and oxygen atoms in total. The van der Waals surface area contributed by atoms with Gasteiger partial charge in [0, 0.05) is 24.3 Å². The Labute approximate surface area is 100 Å². The number of nitrogens with two attached hydrogens (primary N) is 1. The van der Waals surface area contributed by atoms with Gasteiger partial charge in [0.15, 0.2) is 0 Å². The molecule has 2 aromatic heterocycles. The lowest BCUT2D eigenvalue weighted by atomic mass is 10.2. The minimum atomic E-state index is 0.540. The van der Waals surface area contributed by atoms with Gasteiger partial charge in [0.1, 0.15) is 12.4 Å². The van der Waals surface area contributed by atoms with Crippen LogP contribution < -0.4 is 5.73 Å².